The van der Waals surface area contributed by atoms with Crippen LogP contribution in [-0.4, -0.2) is 29.1 Å². The van der Waals surface area contributed by atoms with Crippen molar-refractivity contribution < 1.29 is 4.79 Å². The van der Waals surface area contributed by atoms with Gasteiger partial charge in [0.05, 0.1) is 5.56 Å². The molecule has 1 amide bonds. The zero-order valence-corrected chi connectivity index (χ0v) is 17.1. The molecular formula is C22H30N2OS. The first-order chi connectivity index (χ1) is 12.5. The summed E-state index contributed by atoms with van der Waals surface area (Å²) in [6.45, 7) is 12.3. The molecule has 0 atom stereocenters. The minimum atomic E-state index is -0.0130. The predicted molar refractivity (Wildman–Crippen MR) is 112 cm³/mol. The summed E-state index contributed by atoms with van der Waals surface area (Å²) in [5, 5.41) is 3.50. The molecule has 0 saturated heterocycles. The van der Waals surface area contributed by atoms with E-state index >= 15 is 0 Å². The average Bonchev–Trinajstić information content (AvgIpc) is 2.65. The van der Waals surface area contributed by atoms with E-state index in [1.54, 1.807) is 11.8 Å². The van der Waals surface area contributed by atoms with E-state index in [1.807, 2.05) is 24.3 Å². The molecule has 0 fully saturated rings. The highest BCUT2D eigenvalue weighted by molar-refractivity contribution is 8.00. The highest BCUT2D eigenvalue weighted by Gasteiger charge is 2.12. The maximum atomic E-state index is 12.6. The number of nitrogens with zero attached hydrogens (tertiary/aromatic N) is 1. The second kappa shape index (κ2) is 10.4. The van der Waals surface area contributed by atoms with Gasteiger partial charge in [0.1, 0.15) is 0 Å². The molecule has 0 radical (unpaired) electrons. The number of hydrogen-bond donors (Lipinski definition) is 1. The molecule has 140 valence electrons. The number of amides is 1. The molecule has 26 heavy (non-hydrogen) atoms. The summed E-state index contributed by atoms with van der Waals surface area (Å²) < 4.78 is 0. The van der Waals surface area contributed by atoms with Crippen molar-refractivity contribution in [1.29, 1.82) is 0 Å². The fraction of sp³-hybridized carbons (Fsp3) is 0.409. The van der Waals surface area contributed by atoms with Gasteiger partial charge < -0.3 is 5.32 Å². The molecule has 0 bridgehead atoms. The largest absolute Gasteiger partial charge is 0.348 e. The van der Waals surface area contributed by atoms with E-state index in [-0.39, 0.29) is 5.91 Å². The summed E-state index contributed by atoms with van der Waals surface area (Å²) in [5.41, 5.74) is 3.18. The Morgan fingerprint density at radius 2 is 1.62 bits per heavy atom. The van der Waals surface area contributed by atoms with Crippen molar-refractivity contribution in [3.63, 3.8) is 0 Å². The highest BCUT2D eigenvalue weighted by Crippen LogP contribution is 2.26. The van der Waals surface area contributed by atoms with Gasteiger partial charge in [-0.1, -0.05) is 64.1 Å². The van der Waals surface area contributed by atoms with Crippen LogP contribution < -0.4 is 5.32 Å². The Balaban J connectivity index is 1.95. The van der Waals surface area contributed by atoms with Gasteiger partial charge in [-0.05, 0) is 36.3 Å². The molecule has 3 nitrogen and oxygen atoms in total. The molecule has 0 aliphatic rings. The van der Waals surface area contributed by atoms with Gasteiger partial charge >= 0.3 is 0 Å². The number of rotatable bonds is 9. The molecule has 2 rings (SSSR count). The summed E-state index contributed by atoms with van der Waals surface area (Å²) in [5.74, 6) is -0.0130. The molecule has 0 aromatic heterocycles. The monoisotopic (exact) mass is 370 g/mol. The number of thioether (sulfide) groups is 1. The van der Waals surface area contributed by atoms with Crippen molar-refractivity contribution in [2.45, 2.75) is 50.9 Å². The molecule has 2 aromatic rings. The van der Waals surface area contributed by atoms with E-state index in [0.717, 1.165) is 35.7 Å². The predicted octanol–water partition coefficient (Wildman–Crippen LogP) is 4.96. The summed E-state index contributed by atoms with van der Waals surface area (Å²) in [6.07, 6.45) is 0. The lowest BCUT2D eigenvalue weighted by molar-refractivity contribution is 0.0948. The van der Waals surface area contributed by atoms with Gasteiger partial charge in [0.25, 0.3) is 5.91 Å². The molecule has 0 saturated carbocycles. The number of benzene rings is 2. The summed E-state index contributed by atoms with van der Waals surface area (Å²) in [7, 11) is 0. The Hall–Kier alpha value is -1.78. The van der Waals surface area contributed by atoms with E-state index in [2.05, 4.69) is 62.2 Å². The fourth-order valence-electron chi connectivity index (χ4n) is 2.76. The Morgan fingerprint density at radius 1 is 1.00 bits per heavy atom. The molecule has 0 unspecified atom stereocenters. The van der Waals surface area contributed by atoms with Crippen molar-refractivity contribution in [2.24, 2.45) is 0 Å². The van der Waals surface area contributed by atoms with Crippen LogP contribution in [0.2, 0.25) is 0 Å². The topological polar surface area (TPSA) is 32.3 Å². The second-order valence-electron chi connectivity index (χ2n) is 6.62. The third-order valence-corrected chi connectivity index (χ3v) is 5.35. The van der Waals surface area contributed by atoms with Crippen molar-refractivity contribution >= 4 is 17.7 Å². The Bertz CT molecular complexity index is 694. The van der Waals surface area contributed by atoms with Crippen LogP contribution in [0.25, 0.3) is 0 Å². The number of nitrogens with one attached hydrogen (secondary N) is 1. The summed E-state index contributed by atoms with van der Waals surface area (Å²) >= 11 is 1.72. The van der Waals surface area contributed by atoms with Gasteiger partial charge in [0.2, 0.25) is 0 Å². The van der Waals surface area contributed by atoms with Gasteiger partial charge in [-0.3, -0.25) is 9.69 Å². The van der Waals surface area contributed by atoms with Crippen LogP contribution in [0.4, 0.5) is 0 Å². The van der Waals surface area contributed by atoms with Crippen molar-refractivity contribution in [3.8, 4) is 0 Å². The van der Waals surface area contributed by atoms with E-state index in [1.165, 1.54) is 5.56 Å². The van der Waals surface area contributed by atoms with Crippen LogP contribution in [0.3, 0.4) is 0 Å². The first-order valence-electron chi connectivity index (χ1n) is 9.37. The van der Waals surface area contributed by atoms with Gasteiger partial charge in [-0.25, -0.2) is 0 Å². The average molecular weight is 371 g/mol. The number of carbonyl (C=O) groups excluding carboxylic acids is 1. The van der Waals surface area contributed by atoms with Crippen LogP contribution in [-0.2, 0) is 13.1 Å². The maximum absolute atomic E-state index is 12.6. The minimum absolute atomic E-state index is 0.0130. The van der Waals surface area contributed by atoms with Crippen LogP contribution in [0, 0.1) is 0 Å². The van der Waals surface area contributed by atoms with E-state index in [0.29, 0.717) is 11.8 Å². The van der Waals surface area contributed by atoms with E-state index < -0.39 is 0 Å². The van der Waals surface area contributed by atoms with Gasteiger partial charge in [-0.2, -0.15) is 0 Å². The van der Waals surface area contributed by atoms with Crippen LogP contribution in [0.1, 0.15) is 49.2 Å². The maximum Gasteiger partial charge on any atom is 0.252 e. The van der Waals surface area contributed by atoms with Crippen LogP contribution in [0.15, 0.2) is 53.4 Å². The number of hydrogen-bond acceptors (Lipinski definition) is 3. The Kier molecular flexibility index (Phi) is 8.20. The molecular weight excluding hydrogens is 340 g/mol. The third-order valence-electron chi connectivity index (χ3n) is 4.27. The molecule has 0 aliphatic carbocycles. The minimum Gasteiger partial charge on any atom is -0.348 e. The molecule has 1 N–H and O–H groups in total. The SMILES string of the molecule is CCN(CC)Cc1ccc(CNC(=O)c2ccccc2SC(C)C)cc1. The fourth-order valence-corrected chi connectivity index (χ4v) is 3.71. The van der Waals surface area contributed by atoms with Gasteiger partial charge in [0.15, 0.2) is 0 Å². The molecule has 0 aliphatic heterocycles. The smallest absolute Gasteiger partial charge is 0.252 e. The lowest BCUT2D eigenvalue weighted by Crippen LogP contribution is -2.24. The third kappa shape index (κ3) is 6.19. The quantitative estimate of drug-likeness (QED) is 0.633. The van der Waals surface area contributed by atoms with Crippen LogP contribution in [0.5, 0.6) is 0 Å². The van der Waals surface area contributed by atoms with Crippen molar-refractivity contribution in [2.75, 3.05) is 13.1 Å². The standard InChI is InChI=1S/C22H30N2OS/c1-5-24(6-2)16-19-13-11-18(12-14-19)15-23-22(25)20-9-7-8-10-21(20)26-17(3)4/h7-14,17H,5-6,15-16H2,1-4H3,(H,23,25). The van der Waals surface area contributed by atoms with Gasteiger partial charge in [-0.15, -0.1) is 11.8 Å². The second-order valence-corrected chi connectivity index (χ2v) is 8.24. The van der Waals surface area contributed by atoms with E-state index in [9.17, 15) is 4.79 Å². The molecule has 4 heteroatoms. The molecule has 0 heterocycles. The highest BCUT2D eigenvalue weighted by atomic mass is 32.2. The number of carbonyl (C=O) groups is 1. The molecule has 2 aromatic carbocycles. The van der Waals surface area contributed by atoms with Gasteiger partial charge in [0, 0.05) is 23.2 Å². The Morgan fingerprint density at radius 3 is 2.23 bits per heavy atom. The lowest BCUT2D eigenvalue weighted by atomic mass is 10.1. The zero-order valence-electron chi connectivity index (χ0n) is 16.3. The zero-order chi connectivity index (χ0) is 18.9. The van der Waals surface area contributed by atoms with Crippen molar-refractivity contribution in [3.05, 3.63) is 65.2 Å². The summed E-state index contributed by atoms with van der Waals surface area (Å²) in [6, 6.07) is 16.3. The van der Waals surface area contributed by atoms with Crippen molar-refractivity contribution in [1.82, 2.24) is 10.2 Å². The van der Waals surface area contributed by atoms with E-state index in [4.69, 9.17) is 0 Å². The molecule has 0 spiro atoms. The normalized spacial score (nSPS) is 11.2. The Labute approximate surface area is 162 Å². The lowest BCUT2D eigenvalue weighted by Gasteiger charge is -2.18. The first kappa shape index (κ1) is 20.5. The first-order valence-corrected chi connectivity index (χ1v) is 10.3. The summed E-state index contributed by atoms with van der Waals surface area (Å²) in [4.78, 5) is 16.0. The van der Waals surface area contributed by atoms with Crippen LogP contribution >= 0.6 is 11.8 Å².